The highest BCUT2D eigenvalue weighted by Crippen LogP contribution is 2.46. The molecule has 0 aliphatic carbocycles. The van der Waals surface area contributed by atoms with Gasteiger partial charge in [-0.1, -0.05) is 113 Å². The lowest BCUT2D eigenvalue weighted by molar-refractivity contribution is -0.345. The lowest BCUT2D eigenvalue weighted by Gasteiger charge is -2.18. The van der Waals surface area contributed by atoms with Gasteiger partial charge in [-0.25, -0.2) is 4.70 Å². The summed E-state index contributed by atoms with van der Waals surface area (Å²) in [5.74, 6) is 0. The molecule has 1 aliphatic heterocycles. The van der Waals surface area contributed by atoms with Crippen LogP contribution < -0.4 is 0 Å². The first-order valence-electron chi connectivity index (χ1n) is 20.2. The summed E-state index contributed by atoms with van der Waals surface area (Å²) >= 11 is 0. The SMILES string of the molecule is CCCCCCCCC1=C(c2cc(CC)c(CCCC)c(CC)c2)[N+](=[N-])C(c2cc(CC)c(CCCC)c(CC)c2)=C1CCCCC. The minimum Gasteiger partial charge on any atom is -0.493 e. The van der Waals surface area contributed by atoms with E-state index in [1.807, 2.05) is 0 Å². The van der Waals surface area contributed by atoms with E-state index >= 15 is 0 Å². The predicted molar refractivity (Wildman–Crippen MR) is 207 cm³/mol. The summed E-state index contributed by atoms with van der Waals surface area (Å²) in [7, 11) is 0. The van der Waals surface area contributed by atoms with Gasteiger partial charge in [0.25, 0.3) is 0 Å². The van der Waals surface area contributed by atoms with Crippen LogP contribution in [0.1, 0.15) is 196 Å². The van der Waals surface area contributed by atoms with Crippen LogP contribution in [-0.2, 0) is 38.5 Å². The van der Waals surface area contributed by atoms with Gasteiger partial charge in [0.05, 0.1) is 0 Å². The normalized spacial score (nSPS) is 13.5. The maximum Gasteiger partial charge on any atom is 0.211 e. The molecule has 0 saturated carbocycles. The van der Waals surface area contributed by atoms with Crippen molar-refractivity contribution in [1.29, 1.82) is 0 Å². The van der Waals surface area contributed by atoms with Gasteiger partial charge in [0.2, 0.25) is 11.4 Å². The Hall–Kier alpha value is -2.48. The van der Waals surface area contributed by atoms with Gasteiger partial charge in [-0.2, -0.15) is 0 Å². The minimum atomic E-state index is 1.03. The summed E-state index contributed by atoms with van der Waals surface area (Å²) < 4.78 is 1.66. The van der Waals surface area contributed by atoms with E-state index < -0.39 is 0 Å². The Balaban J connectivity index is 2.25. The lowest BCUT2D eigenvalue weighted by atomic mass is 9.87. The third kappa shape index (κ3) is 10.0. The summed E-state index contributed by atoms with van der Waals surface area (Å²) in [6.45, 7) is 18.4. The Morgan fingerprint density at radius 2 is 0.723 bits per heavy atom. The summed E-state index contributed by atoms with van der Waals surface area (Å²) in [5.41, 5.74) is 28.9. The molecule has 0 atom stereocenters. The molecular formula is C45H70N2. The van der Waals surface area contributed by atoms with E-state index in [1.54, 1.807) is 15.8 Å². The number of nitrogens with zero attached hydrogens (tertiary/aromatic N) is 2. The summed E-state index contributed by atoms with van der Waals surface area (Å²) in [5, 5.41) is 0. The second-order valence-electron chi connectivity index (χ2n) is 14.1. The first-order chi connectivity index (χ1) is 22.9. The molecule has 0 amide bonds. The van der Waals surface area contributed by atoms with Gasteiger partial charge in [-0.15, -0.1) is 0 Å². The van der Waals surface area contributed by atoms with Crippen LogP contribution >= 0.6 is 0 Å². The maximum atomic E-state index is 12.5. The van der Waals surface area contributed by atoms with Crippen molar-refractivity contribution in [3.8, 4) is 0 Å². The third-order valence-electron chi connectivity index (χ3n) is 10.7. The molecule has 0 saturated heterocycles. The second kappa shape index (κ2) is 20.8. The molecular weight excluding hydrogens is 569 g/mol. The summed E-state index contributed by atoms with van der Waals surface area (Å²) in [4.78, 5) is 0. The van der Waals surface area contributed by atoms with E-state index in [1.165, 1.54) is 128 Å². The zero-order valence-electron chi connectivity index (χ0n) is 32.1. The third-order valence-corrected chi connectivity index (χ3v) is 10.7. The molecule has 0 unspecified atom stereocenters. The number of hydrogen-bond donors (Lipinski definition) is 0. The Labute approximate surface area is 291 Å². The highest BCUT2D eigenvalue weighted by molar-refractivity contribution is 5.83. The Kier molecular flexibility index (Phi) is 17.2. The van der Waals surface area contributed by atoms with Crippen LogP contribution in [0, 0.1) is 0 Å². The average Bonchev–Trinajstić information content (AvgIpc) is 3.37. The Morgan fingerprint density at radius 1 is 0.404 bits per heavy atom. The van der Waals surface area contributed by atoms with Crippen molar-refractivity contribution in [1.82, 2.24) is 0 Å². The maximum absolute atomic E-state index is 12.5. The van der Waals surface area contributed by atoms with Crippen LogP contribution in [0.5, 0.6) is 0 Å². The molecule has 0 bridgehead atoms. The highest BCUT2D eigenvalue weighted by Gasteiger charge is 2.36. The van der Waals surface area contributed by atoms with Crippen LogP contribution in [0.4, 0.5) is 0 Å². The van der Waals surface area contributed by atoms with Crippen LogP contribution in [0.2, 0.25) is 0 Å². The molecule has 0 N–H and O–H groups in total. The van der Waals surface area contributed by atoms with Gasteiger partial charge in [0.15, 0.2) is 0 Å². The topological polar surface area (TPSA) is 25.3 Å². The Bertz CT molecular complexity index is 1300. The van der Waals surface area contributed by atoms with Crippen molar-refractivity contribution in [3.63, 3.8) is 0 Å². The van der Waals surface area contributed by atoms with Crippen molar-refractivity contribution in [2.24, 2.45) is 0 Å². The monoisotopic (exact) mass is 639 g/mol. The smallest absolute Gasteiger partial charge is 0.211 e. The molecule has 2 heteroatoms. The molecule has 0 fully saturated rings. The van der Waals surface area contributed by atoms with Crippen LogP contribution in [0.15, 0.2) is 35.4 Å². The van der Waals surface area contributed by atoms with E-state index in [0.717, 1.165) is 62.8 Å². The quantitative estimate of drug-likeness (QED) is 0.0855. The molecule has 3 rings (SSSR count). The van der Waals surface area contributed by atoms with E-state index in [0.29, 0.717) is 0 Å². The second-order valence-corrected chi connectivity index (χ2v) is 14.1. The molecule has 2 aromatic rings. The zero-order valence-corrected chi connectivity index (χ0v) is 32.1. The van der Waals surface area contributed by atoms with Gasteiger partial charge in [0.1, 0.15) is 0 Å². The van der Waals surface area contributed by atoms with E-state index in [2.05, 4.69) is 79.7 Å². The van der Waals surface area contributed by atoms with Gasteiger partial charge >= 0.3 is 0 Å². The van der Waals surface area contributed by atoms with E-state index in [4.69, 9.17) is 0 Å². The molecule has 1 heterocycles. The minimum absolute atomic E-state index is 1.03. The van der Waals surface area contributed by atoms with Crippen molar-refractivity contribution in [2.75, 3.05) is 0 Å². The number of hydrogen-bond acceptors (Lipinski definition) is 0. The fourth-order valence-corrected chi connectivity index (χ4v) is 7.90. The van der Waals surface area contributed by atoms with Crippen LogP contribution in [-0.4, -0.2) is 4.70 Å². The lowest BCUT2D eigenvalue weighted by Crippen LogP contribution is -2.08. The van der Waals surface area contributed by atoms with Crippen molar-refractivity contribution < 1.29 is 4.70 Å². The van der Waals surface area contributed by atoms with E-state index in [9.17, 15) is 5.53 Å². The first kappa shape index (κ1) is 39.0. The summed E-state index contributed by atoms with van der Waals surface area (Å²) in [6, 6.07) is 9.77. The summed E-state index contributed by atoms with van der Waals surface area (Å²) in [6.07, 6.45) is 24.8. The predicted octanol–water partition coefficient (Wildman–Crippen LogP) is 14.1. The number of aryl methyl sites for hydroxylation is 4. The molecule has 47 heavy (non-hydrogen) atoms. The van der Waals surface area contributed by atoms with Crippen LogP contribution in [0.3, 0.4) is 0 Å². The molecule has 260 valence electrons. The van der Waals surface area contributed by atoms with Crippen molar-refractivity contribution in [3.05, 3.63) is 85.5 Å². The largest absolute Gasteiger partial charge is 0.493 e. The highest BCUT2D eigenvalue weighted by atomic mass is 15.2. The fraction of sp³-hybridized carbons (Fsp3) is 0.644. The van der Waals surface area contributed by atoms with Gasteiger partial charge in [0, 0.05) is 22.3 Å². The van der Waals surface area contributed by atoms with E-state index in [-0.39, 0.29) is 0 Å². The van der Waals surface area contributed by atoms with Crippen molar-refractivity contribution >= 4 is 11.4 Å². The average molecular weight is 639 g/mol. The molecule has 0 aromatic heterocycles. The zero-order chi connectivity index (χ0) is 34.2. The van der Waals surface area contributed by atoms with Gasteiger partial charge in [-0.05, 0) is 135 Å². The molecule has 2 nitrogen and oxygen atoms in total. The molecule has 2 aromatic carbocycles. The number of allylic oxidation sites excluding steroid dienone is 2. The first-order valence-corrected chi connectivity index (χ1v) is 20.2. The standard InChI is InChI=1S/C45H70N2/c1-9-17-21-22-23-25-29-43-42(28-24-18-10-2)44(38-30-34(13-5)40(26-19-11-3)35(14-6)31-38)47(46)45(43)39-32-36(15-7)41(27-20-12-4)37(16-8)33-39/h30-33H,9-29H2,1-8H3. The van der Waals surface area contributed by atoms with Gasteiger partial charge in [-0.3, -0.25) is 0 Å². The van der Waals surface area contributed by atoms with Crippen molar-refractivity contribution in [2.45, 2.75) is 190 Å². The number of rotatable bonds is 23. The number of benzene rings is 2. The van der Waals surface area contributed by atoms with Gasteiger partial charge < -0.3 is 5.53 Å². The number of unbranched alkanes of at least 4 members (excludes halogenated alkanes) is 9. The van der Waals surface area contributed by atoms with Crippen LogP contribution in [0.25, 0.3) is 16.9 Å². The Morgan fingerprint density at radius 3 is 1.09 bits per heavy atom. The molecule has 0 spiro atoms. The molecule has 1 aliphatic rings. The fourth-order valence-electron chi connectivity index (χ4n) is 7.90. The molecule has 0 radical (unpaired) electrons.